The minimum Gasteiger partial charge on any atom is -0.330 e. The van der Waals surface area contributed by atoms with Crippen molar-refractivity contribution in [2.24, 2.45) is 0 Å². The molecule has 2 aromatic carbocycles. The smallest absolute Gasteiger partial charge is 0.330 e. The van der Waals surface area contributed by atoms with Gasteiger partial charge in [-0.25, -0.2) is 9.48 Å². The van der Waals surface area contributed by atoms with Gasteiger partial charge in [0.1, 0.15) is 0 Å². The molecule has 3 aromatic rings. The maximum absolute atomic E-state index is 12.2. The molecule has 4 nitrogen and oxygen atoms in total. The summed E-state index contributed by atoms with van der Waals surface area (Å²) in [5.41, 5.74) is 2.75. The third-order valence-electron chi connectivity index (χ3n) is 3.28. The largest absolute Gasteiger partial charge is 0.341 e. The van der Waals surface area contributed by atoms with Crippen LogP contribution in [0.5, 0.6) is 0 Å². The number of rotatable bonds is 2. The number of nitrogens with one attached hydrogen (secondary N) is 2. The molecule has 1 aromatic heterocycles. The van der Waals surface area contributed by atoms with Crippen LogP contribution >= 0.6 is 11.6 Å². The first-order chi connectivity index (χ1) is 9.65. The number of benzene rings is 2. The first kappa shape index (κ1) is 12.8. The SMILES string of the molecule is CC(NC(=O)n1[nH]c2ccc(Cl)cc21)c1ccccc1. The molecule has 0 aliphatic carbocycles. The Bertz CT molecular complexity index is 745. The van der Waals surface area contributed by atoms with Gasteiger partial charge in [-0.15, -0.1) is 0 Å². The Balaban J connectivity index is 1.78. The third kappa shape index (κ3) is 2.30. The standard InChI is InChI=1S/C15H14ClN3O/c1-10(11-5-3-2-4-6-11)17-15(20)19-14-9-12(16)7-8-13(14)18-19/h2-10,18H,1H3,(H,17,20). The molecule has 0 spiro atoms. The summed E-state index contributed by atoms with van der Waals surface area (Å²) < 4.78 is 1.46. The second-order valence-electron chi connectivity index (χ2n) is 4.69. The van der Waals surface area contributed by atoms with E-state index in [4.69, 9.17) is 11.6 Å². The molecule has 2 N–H and O–H groups in total. The van der Waals surface area contributed by atoms with Crippen LogP contribution in [0.15, 0.2) is 48.5 Å². The Morgan fingerprint density at radius 3 is 2.75 bits per heavy atom. The molecule has 5 heteroatoms. The van der Waals surface area contributed by atoms with Crippen LogP contribution in [0.2, 0.25) is 5.02 Å². The average Bonchev–Trinajstić information content (AvgIpc) is 2.43. The molecule has 0 saturated heterocycles. The van der Waals surface area contributed by atoms with Gasteiger partial charge < -0.3 is 5.32 Å². The quantitative estimate of drug-likeness (QED) is 0.737. The molecule has 1 heterocycles. The minimum absolute atomic E-state index is 0.0614. The fraction of sp³-hybridized carbons (Fsp3) is 0.133. The molecule has 1 atom stereocenters. The van der Waals surface area contributed by atoms with E-state index in [-0.39, 0.29) is 12.1 Å². The van der Waals surface area contributed by atoms with Gasteiger partial charge in [0.25, 0.3) is 0 Å². The third-order valence-corrected chi connectivity index (χ3v) is 3.51. The lowest BCUT2D eigenvalue weighted by molar-refractivity contribution is 0.237. The Hall–Kier alpha value is -2.20. The maximum atomic E-state index is 12.2. The van der Waals surface area contributed by atoms with Crippen molar-refractivity contribution in [2.45, 2.75) is 13.0 Å². The lowest BCUT2D eigenvalue weighted by Gasteiger charge is -2.19. The van der Waals surface area contributed by atoms with Crippen molar-refractivity contribution in [2.75, 3.05) is 0 Å². The normalized spacial score (nSPS) is 12.5. The second kappa shape index (κ2) is 5.06. The molecule has 20 heavy (non-hydrogen) atoms. The van der Waals surface area contributed by atoms with E-state index in [0.717, 1.165) is 16.6 Å². The number of hydrogen-bond acceptors (Lipinski definition) is 1. The molecule has 0 aliphatic heterocycles. The van der Waals surface area contributed by atoms with Crippen molar-refractivity contribution in [3.63, 3.8) is 0 Å². The number of H-pyrrole nitrogens is 1. The van der Waals surface area contributed by atoms with Gasteiger partial charge in [-0.3, -0.25) is 5.10 Å². The van der Waals surface area contributed by atoms with Crippen LogP contribution in [0.4, 0.5) is 4.79 Å². The molecule has 1 unspecified atom stereocenters. The predicted octanol–water partition coefficient (Wildman–Crippen LogP) is 3.94. The van der Waals surface area contributed by atoms with Crippen molar-refractivity contribution >= 4 is 28.7 Å². The van der Waals surface area contributed by atoms with Crippen LogP contribution in [0.25, 0.3) is 11.0 Å². The summed E-state index contributed by atoms with van der Waals surface area (Å²) in [5.74, 6) is 0. The Morgan fingerprint density at radius 2 is 2.00 bits per heavy atom. The lowest BCUT2D eigenvalue weighted by Crippen LogP contribution is -2.34. The lowest BCUT2D eigenvalue weighted by atomic mass is 10.1. The topological polar surface area (TPSA) is 49.8 Å². The fourth-order valence-electron chi connectivity index (χ4n) is 2.15. The minimum atomic E-state index is -0.198. The number of amides is 1. The van der Waals surface area contributed by atoms with Crippen LogP contribution in [0.1, 0.15) is 18.5 Å². The van der Waals surface area contributed by atoms with Crippen molar-refractivity contribution in [3.8, 4) is 0 Å². The molecule has 1 amide bonds. The summed E-state index contributed by atoms with van der Waals surface area (Å²) in [6.45, 7) is 1.95. The molecule has 3 rings (SSSR count). The first-order valence-corrected chi connectivity index (χ1v) is 6.75. The summed E-state index contributed by atoms with van der Waals surface area (Å²) in [7, 11) is 0. The number of aromatic amines is 1. The summed E-state index contributed by atoms with van der Waals surface area (Å²) in [6, 6.07) is 15.0. The van der Waals surface area contributed by atoms with Gasteiger partial charge in [-0.1, -0.05) is 41.9 Å². The number of hydrogen-bond donors (Lipinski definition) is 2. The van der Waals surface area contributed by atoms with Crippen molar-refractivity contribution in [3.05, 3.63) is 59.1 Å². The van der Waals surface area contributed by atoms with Crippen LogP contribution in [-0.2, 0) is 0 Å². The predicted molar refractivity (Wildman–Crippen MR) is 80.1 cm³/mol. The Kier molecular flexibility index (Phi) is 3.24. The van der Waals surface area contributed by atoms with Gasteiger partial charge in [0.15, 0.2) is 0 Å². The molecule has 0 bridgehead atoms. The molecular weight excluding hydrogens is 274 g/mol. The number of carbonyl (C=O) groups excluding carboxylic acids is 1. The van der Waals surface area contributed by atoms with E-state index in [2.05, 4.69) is 10.4 Å². The van der Waals surface area contributed by atoms with Gasteiger partial charge in [-0.2, -0.15) is 0 Å². The van der Waals surface area contributed by atoms with E-state index in [1.54, 1.807) is 12.1 Å². The van der Waals surface area contributed by atoms with E-state index in [1.807, 2.05) is 43.3 Å². The van der Waals surface area contributed by atoms with Gasteiger partial charge in [0.2, 0.25) is 0 Å². The summed E-state index contributed by atoms with van der Waals surface area (Å²) in [6.07, 6.45) is 0. The van der Waals surface area contributed by atoms with Crippen molar-refractivity contribution in [1.29, 1.82) is 0 Å². The first-order valence-electron chi connectivity index (χ1n) is 6.37. The second-order valence-corrected chi connectivity index (χ2v) is 5.13. The van der Waals surface area contributed by atoms with E-state index in [1.165, 1.54) is 4.68 Å². The highest BCUT2D eigenvalue weighted by Gasteiger charge is 2.15. The zero-order valence-corrected chi connectivity index (χ0v) is 11.7. The van der Waals surface area contributed by atoms with Crippen LogP contribution in [-0.4, -0.2) is 15.8 Å². The highest BCUT2D eigenvalue weighted by Crippen LogP contribution is 2.20. The number of halogens is 1. The Morgan fingerprint density at radius 1 is 1.25 bits per heavy atom. The number of aromatic nitrogens is 2. The highest BCUT2D eigenvalue weighted by molar-refractivity contribution is 6.31. The van der Waals surface area contributed by atoms with Crippen LogP contribution in [0.3, 0.4) is 0 Å². The van der Waals surface area contributed by atoms with Gasteiger partial charge in [0, 0.05) is 5.02 Å². The van der Waals surface area contributed by atoms with E-state index >= 15 is 0 Å². The molecule has 0 aliphatic rings. The van der Waals surface area contributed by atoms with Crippen LogP contribution in [0, 0.1) is 0 Å². The zero-order chi connectivity index (χ0) is 14.1. The molecular formula is C15H14ClN3O. The Labute approximate surface area is 121 Å². The summed E-state index contributed by atoms with van der Waals surface area (Å²) in [4.78, 5) is 12.2. The highest BCUT2D eigenvalue weighted by atomic mass is 35.5. The van der Waals surface area contributed by atoms with Gasteiger partial charge in [-0.05, 0) is 30.7 Å². The monoisotopic (exact) mass is 287 g/mol. The summed E-state index contributed by atoms with van der Waals surface area (Å²) in [5, 5.41) is 6.52. The molecule has 0 saturated carbocycles. The number of fused-ring (bicyclic) bond motifs is 1. The maximum Gasteiger partial charge on any atom is 0.341 e. The summed E-state index contributed by atoms with van der Waals surface area (Å²) >= 11 is 5.94. The van der Waals surface area contributed by atoms with Crippen molar-refractivity contribution in [1.82, 2.24) is 15.1 Å². The van der Waals surface area contributed by atoms with E-state index in [9.17, 15) is 4.79 Å². The fourth-order valence-corrected chi connectivity index (χ4v) is 2.31. The van der Waals surface area contributed by atoms with E-state index in [0.29, 0.717) is 5.02 Å². The number of nitrogens with zero attached hydrogens (tertiary/aromatic N) is 1. The van der Waals surface area contributed by atoms with Gasteiger partial charge in [0.05, 0.1) is 17.1 Å². The molecule has 102 valence electrons. The van der Waals surface area contributed by atoms with Gasteiger partial charge >= 0.3 is 6.03 Å². The van der Waals surface area contributed by atoms with Crippen molar-refractivity contribution < 1.29 is 4.79 Å². The zero-order valence-electron chi connectivity index (χ0n) is 10.9. The average molecular weight is 288 g/mol. The van der Waals surface area contributed by atoms with Crippen LogP contribution < -0.4 is 5.32 Å². The van der Waals surface area contributed by atoms with E-state index < -0.39 is 0 Å². The number of carbonyl (C=O) groups is 1. The molecule has 0 radical (unpaired) electrons. The molecule has 0 fully saturated rings.